The van der Waals surface area contributed by atoms with Gasteiger partial charge in [-0.3, -0.25) is 0 Å². The Kier molecular flexibility index (Phi) is 4.68. The Morgan fingerprint density at radius 1 is 0.968 bits per heavy atom. The zero-order valence-corrected chi connectivity index (χ0v) is 16.4. The van der Waals surface area contributed by atoms with E-state index in [9.17, 15) is 9.90 Å². The number of hydrogen-bond acceptors (Lipinski definition) is 4. The standard InChI is InChI=1S/C24H18N4O3/c29-24(30)22-18-11-12-25-19(18)9-10-20(22)31-17-8-4-7-16(14-17)23-26-21(27-28-23)13-15-5-2-1-3-6-15/h1-12,14,25H,13H2,(H,29,30)(H,26,27,28). The van der Waals surface area contributed by atoms with Crippen molar-refractivity contribution in [3.05, 3.63) is 95.9 Å². The molecular formula is C24H18N4O3. The largest absolute Gasteiger partial charge is 0.478 e. The average molecular weight is 410 g/mol. The van der Waals surface area contributed by atoms with Gasteiger partial charge in [0.05, 0.1) is 0 Å². The maximum atomic E-state index is 11.8. The first-order valence-corrected chi connectivity index (χ1v) is 9.74. The molecule has 0 fully saturated rings. The molecule has 0 radical (unpaired) electrons. The highest BCUT2D eigenvalue weighted by molar-refractivity contribution is 6.05. The summed E-state index contributed by atoms with van der Waals surface area (Å²) in [5, 5.41) is 18.8. The number of hydrogen-bond donors (Lipinski definition) is 3. The topological polar surface area (TPSA) is 104 Å². The Morgan fingerprint density at radius 2 is 1.84 bits per heavy atom. The summed E-state index contributed by atoms with van der Waals surface area (Å²) in [7, 11) is 0. The highest BCUT2D eigenvalue weighted by Gasteiger charge is 2.17. The van der Waals surface area contributed by atoms with Crippen molar-refractivity contribution in [3.63, 3.8) is 0 Å². The van der Waals surface area contributed by atoms with Crippen LogP contribution >= 0.6 is 0 Å². The van der Waals surface area contributed by atoms with Crippen molar-refractivity contribution < 1.29 is 14.6 Å². The molecule has 0 spiro atoms. The smallest absolute Gasteiger partial charge is 0.340 e. The van der Waals surface area contributed by atoms with Gasteiger partial charge in [-0.1, -0.05) is 42.5 Å². The number of aromatic nitrogens is 4. The summed E-state index contributed by atoms with van der Waals surface area (Å²) in [6.45, 7) is 0. The molecule has 7 nitrogen and oxygen atoms in total. The molecule has 0 unspecified atom stereocenters. The van der Waals surface area contributed by atoms with Gasteiger partial charge in [0.25, 0.3) is 0 Å². The van der Waals surface area contributed by atoms with E-state index in [4.69, 9.17) is 4.74 Å². The predicted octanol–water partition coefficient (Wildman–Crippen LogP) is 5.03. The van der Waals surface area contributed by atoms with Gasteiger partial charge in [0.15, 0.2) is 5.82 Å². The number of H-pyrrole nitrogens is 2. The van der Waals surface area contributed by atoms with Crippen molar-refractivity contribution in [2.45, 2.75) is 6.42 Å². The Hall–Kier alpha value is -4.39. The van der Waals surface area contributed by atoms with Crippen LogP contribution in [0.4, 0.5) is 0 Å². The van der Waals surface area contributed by atoms with Gasteiger partial charge in [-0.15, -0.1) is 10.2 Å². The Morgan fingerprint density at radius 3 is 2.68 bits per heavy atom. The summed E-state index contributed by atoms with van der Waals surface area (Å²) in [5.41, 5.74) is 2.80. The van der Waals surface area contributed by atoms with Crippen LogP contribution in [0, 0.1) is 0 Å². The summed E-state index contributed by atoms with van der Waals surface area (Å²) in [5.74, 6) is 1.13. The van der Waals surface area contributed by atoms with E-state index in [1.165, 1.54) is 0 Å². The molecule has 0 bridgehead atoms. The minimum absolute atomic E-state index is 0.119. The Bertz CT molecular complexity index is 1370. The van der Waals surface area contributed by atoms with Crippen LogP contribution in [0.15, 0.2) is 79.0 Å². The Balaban J connectivity index is 1.42. The number of rotatable bonds is 6. The van der Waals surface area contributed by atoms with E-state index in [1.807, 2.05) is 42.5 Å². The highest BCUT2D eigenvalue weighted by Crippen LogP contribution is 2.32. The number of fused-ring (bicyclic) bond motifs is 1. The number of aromatic amines is 2. The molecule has 5 aromatic rings. The van der Waals surface area contributed by atoms with Gasteiger partial charge < -0.3 is 19.8 Å². The molecule has 0 aliphatic carbocycles. The summed E-state index contributed by atoms with van der Waals surface area (Å²) in [6.07, 6.45) is 2.36. The fraction of sp³-hybridized carbons (Fsp3) is 0.0417. The number of nitrogens with zero attached hydrogens (tertiary/aromatic N) is 2. The SMILES string of the molecule is O=C(O)c1c(Oc2cccc(-c3nnc(Cc4ccccc4)[nH]3)c2)ccc2[nH]ccc12. The van der Waals surface area contributed by atoms with Crippen molar-refractivity contribution in [2.24, 2.45) is 0 Å². The minimum Gasteiger partial charge on any atom is -0.478 e. The summed E-state index contributed by atoms with van der Waals surface area (Å²) in [6, 6.07) is 22.5. The van der Waals surface area contributed by atoms with Crippen LogP contribution in [-0.2, 0) is 6.42 Å². The van der Waals surface area contributed by atoms with E-state index in [2.05, 4.69) is 20.2 Å². The molecule has 3 aromatic carbocycles. The number of carbonyl (C=O) groups is 1. The highest BCUT2D eigenvalue weighted by atomic mass is 16.5. The van der Waals surface area contributed by atoms with Crippen LogP contribution in [-0.4, -0.2) is 31.2 Å². The van der Waals surface area contributed by atoms with Crippen LogP contribution in [0.5, 0.6) is 11.5 Å². The van der Waals surface area contributed by atoms with Crippen molar-refractivity contribution in [3.8, 4) is 22.9 Å². The van der Waals surface area contributed by atoms with Gasteiger partial charge in [0.1, 0.15) is 22.9 Å². The number of benzene rings is 3. The zero-order valence-electron chi connectivity index (χ0n) is 16.4. The van der Waals surface area contributed by atoms with Gasteiger partial charge in [0, 0.05) is 29.1 Å². The number of carboxylic acids is 1. The molecule has 0 aliphatic heterocycles. The fourth-order valence-electron chi connectivity index (χ4n) is 3.55. The lowest BCUT2D eigenvalue weighted by molar-refractivity contribution is 0.0696. The number of carboxylic acid groups (broad SMARTS) is 1. The zero-order chi connectivity index (χ0) is 21.2. The molecule has 0 atom stereocenters. The molecule has 2 heterocycles. The number of nitrogens with one attached hydrogen (secondary N) is 2. The summed E-state index contributed by atoms with van der Waals surface area (Å²) < 4.78 is 5.96. The monoisotopic (exact) mass is 410 g/mol. The van der Waals surface area contributed by atoms with E-state index in [1.54, 1.807) is 36.5 Å². The lowest BCUT2D eigenvalue weighted by Crippen LogP contribution is -2.01. The molecule has 0 saturated heterocycles. The van der Waals surface area contributed by atoms with Crippen LogP contribution in [0.3, 0.4) is 0 Å². The maximum absolute atomic E-state index is 11.8. The second kappa shape index (κ2) is 7.79. The molecule has 31 heavy (non-hydrogen) atoms. The first-order chi connectivity index (χ1) is 15.2. The van der Waals surface area contributed by atoms with Crippen molar-refractivity contribution in [1.82, 2.24) is 20.2 Å². The van der Waals surface area contributed by atoms with Crippen molar-refractivity contribution >= 4 is 16.9 Å². The minimum atomic E-state index is -1.04. The van der Waals surface area contributed by atoms with Gasteiger partial charge in [-0.25, -0.2) is 4.79 Å². The molecule has 5 rings (SSSR count). The Labute approximate surface area is 177 Å². The van der Waals surface area contributed by atoms with E-state index >= 15 is 0 Å². The second-order valence-corrected chi connectivity index (χ2v) is 7.10. The molecular weight excluding hydrogens is 392 g/mol. The van der Waals surface area contributed by atoms with Gasteiger partial charge in [-0.05, 0) is 35.9 Å². The molecule has 152 valence electrons. The molecule has 3 N–H and O–H groups in total. The van der Waals surface area contributed by atoms with Crippen molar-refractivity contribution in [2.75, 3.05) is 0 Å². The lowest BCUT2D eigenvalue weighted by atomic mass is 10.1. The van der Waals surface area contributed by atoms with E-state index in [0.717, 1.165) is 22.5 Å². The first-order valence-electron chi connectivity index (χ1n) is 9.74. The molecule has 7 heteroatoms. The van der Waals surface area contributed by atoms with Crippen LogP contribution in [0.2, 0.25) is 0 Å². The first kappa shape index (κ1) is 18.6. The normalized spacial score (nSPS) is 11.0. The fourth-order valence-corrected chi connectivity index (χ4v) is 3.55. The molecule has 0 aliphatic rings. The number of ether oxygens (including phenoxy) is 1. The van der Waals surface area contributed by atoms with E-state index in [-0.39, 0.29) is 11.3 Å². The van der Waals surface area contributed by atoms with E-state index < -0.39 is 5.97 Å². The van der Waals surface area contributed by atoms with Gasteiger partial charge >= 0.3 is 5.97 Å². The maximum Gasteiger partial charge on any atom is 0.340 e. The van der Waals surface area contributed by atoms with E-state index in [0.29, 0.717) is 23.4 Å². The van der Waals surface area contributed by atoms with Gasteiger partial charge in [-0.2, -0.15) is 0 Å². The summed E-state index contributed by atoms with van der Waals surface area (Å²) in [4.78, 5) is 18.1. The third-order valence-electron chi connectivity index (χ3n) is 4.99. The molecule has 0 saturated carbocycles. The van der Waals surface area contributed by atoms with Gasteiger partial charge in [0.2, 0.25) is 0 Å². The van der Waals surface area contributed by atoms with Crippen LogP contribution < -0.4 is 4.74 Å². The molecule has 0 amide bonds. The number of aromatic carboxylic acids is 1. The molecule has 2 aromatic heterocycles. The average Bonchev–Trinajstić information content (AvgIpc) is 3.44. The quantitative estimate of drug-likeness (QED) is 0.364. The lowest BCUT2D eigenvalue weighted by Gasteiger charge is -2.10. The van der Waals surface area contributed by atoms with Crippen LogP contribution in [0.25, 0.3) is 22.3 Å². The summed E-state index contributed by atoms with van der Waals surface area (Å²) >= 11 is 0. The predicted molar refractivity (Wildman–Crippen MR) is 116 cm³/mol. The third kappa shape index (κ3) is 3.76. The van der Waals surface area contributed by atoms with Crippen molar-refractivity contribution in [1.29, 1.82) is 0 Å². The second-order valence-electron chi connectivity index (χ2n) is 7.10. The third-order valence-corrected chi connectivity index (χ3v) is 4.99. The van der Waals surface area contributed by atoms with Crippen LogP contribution in [0.1, 0.15) is 21.7 Å².